The number of benzene rings is 3. The highest BCUT2D eigenvalue weighted by molar-refractivity contribution is 7.85. The van der Waals surface area contributed by atoms with Crippen molar-refractivity contribution in [3.8, 4) is 51.3 Å². The Balaban J connectivity index is 1.07. The van der Waals surface area contributed by atoms with Crippen molar-refractivity contribution < 1.29 is 46.3 Å². The van der Waals surface area contributed by atoms with E-state index in [1.54, 1.807) is 6.07 Å². The van der Waals surface area contributed by atoms with Crippen molar-refractivity contribution in [3.63, 3.8) is 0 Å². The molecule has 302 valence electrons. The summed E-state index contributed by atoms with van der Waals surface area (Å²) in [5.74, 6) is 4.54. The van der Waals surface area contributed by atoms with E-state index in [1.165, 1.54) is 50.2 Å². The van der Waals surface area contributed by atoms with Crippen molar-refractivity contribution in [1.29, 1.82) is 0 Å². The van der Waals surface area contributed by atoms with Crippen LogP contribution in [0.1, 0.15) is 32.3 Å². The van der Waals surface area contributed by atoms with Crippen molar-refractivity contribution in [2.24, 2.45) is 5.84 Å². The predicted molar refractivity (Wildman–Crippen MR) is 212 cm³/mol. The summed E-state index contributed by atoms with van der Waals surface area (Å²) in [6.07, 6.45) is 1.15. The molecule has 3 aromatic carbocycles. The van der Waals surface area contributed by atoms with Crippen molar-refractivity contribution in [2.45, 2.75) is 44.7 Å². The van der Waals surface area contributed by atoms with E-state index in [0.717, 1.165) is 22.9 Å². The quantitative estimate of drug-likeness (QED) is 0.0445. The highest BCUT2D eigenvalue weighted by Gasteiger charge is 2.34. The van der Waals surface area contributed by atoms with Gasteiger partial charge in [-0.2, -0.15) is 8.42 Å². The van der Waals surface area contributed by atoms with Crippen LogP contribution in [0.2, 0.25) is 0 Å². The van der Waals surface area contributed by atoms with Crippen LogP contribution in [0, 0.1) is 0 Å². The van der Waals surface area contributed by atoms with E-state index in [4.69, 9.17) is 29.2 Å². The smallest absolute Gasteiger partial charge is 0.409 e. The van der Waals surface area contributed by atoms with Crippen molar-refractivity contribution in [3.05, 3.63) is 109 Å². The minimum absolute atomic E-state index is 0.0196. The first kappa shape index (κ1) is 40.7. The summed E-state index contributed by atoms with van der Waals surface area (Å²) in [6, 6.07) is 25.9. The van der Waals surface area contributed by atoms with Gasteiger partial charge in [0.25, 0.3) is 5.91 Å². The standard InChI is InChI=1S/C40H41N7O10S/c1-40(2,39(51)44-32(19-25-10-13-29(48)14-11-25)38(50)47-58(52,53)57-30-15-17-35(46-41)42-23-30)45-36(49)9-6-18-54-37-22-28(20-31(43-37)26-7-4-3-5-8-26)27-12-16-33-34(21-27)56-24-55-33/h3-5,7-8,10-17,20-23,32,48H,6,9,18-19,24,41H2,1-2H3,(H,42,46)(H,44,51)(H,45,49)(H,47,50)/t32-/m0/s1. The van der Waals surface area contributed by atoms with Gasteiger partial charge >= 0.3 is 10.3 Å². The molecule has 7 N–H and O–H groups in total. The van der Waals surface area contributed by atoms with Gasteiger partial charge in [0.15, 0.2) is 17.2 Å². The Morgan fingerprint density at radius 1 is 0.914 bits per heavy atom. The van der Waals surface area contributed by atoms with Gasteiger partial charge in [-0.15, -0.1) is 0 Å². The van der Waals surface area contributed by atoms with Crippen molar-refractivity contribution in [1.82, 2.24) is 25.3 Å². The molecule has 6 rings (SSSR count). The van der Waals surface area contributed by atoms with E-state index in [2.05, 4.69) is 21.0 Å². The van der Waals surface area contributed by atoms with Crippen LogP contribution in [0.15, 0.2) is 103 Å². The fourth-order valence-electron chi connectivity index (χ4n) is 5.73. The van der Waals surface area contributed by atoms with Gasteiger partial charge in [-0.3, -0.25) is 14.4 Å². The van der Waals surface area contributed by atoms with Crippen molar-refractivity contribution >= 4 is 33.8 Å². The topological polar surface area (TPSA) is 242 Å². The molecule has 2 aromatic heterocycles. The maximum atomic E-state index is 13.6. The number of hydrogen-bond acceptors (Lipinski definition) is 14. The van der Waals surface area contributed by atoms with E-state index < -0.39 is 39.6 Å². The number of fused-ring (bicyclic) bond motifs is 1. The zero-order valence-electron chi connectivity index (χ0n) is 31.4. The van der Waals surface area contributed by atoms with Gasteiger partial charge in [0.1, 0.15) is 23.1 Å². The second-order valence-corrected chi connectivity index (χ2v) is 14.8. The third-order valence-corrected chi connectivity index (χ3v) is 9.57. The number of phenols is 1. The lowest BCUT2D eigenvalue weighted by atomic mass is 10.0. The number of hydrazine groups is 1. The average Bonchev–Trinajstić information content (AvgIpc) is 3.68. The Labute approximate surface area is 334 Å². The van der Waals surface area contributed by atoms with Crippen molar-refractivity contribution in [2.75, 3.05) is 18.8 Å². The van der Waals surface area contributed by atoms with Crippen LogP contribution in [-0.4, -0.2) is 66.2 Å². The monoisotopic (exact) mass is 811 g/mol. The number of carbonyl (C=O) groups excluding carboxylic acids is 3. The second kappa shape index (κ2) is 17.9. The molecule has 0 spiro atoms. The van der Waals surface area contributed by atoms with Crippen LogP contribution >= 0.6 is 0 Å². The number of nitrogens with two attached hydrogens (primary N) is 1. The normalized spacial score (nSPS) is 12.5. The first-order valence-corrected chi connectivity index (χ1v) is 19.4. The highest BCUT2D eigenvalue weighted by atomic mass is 32.2. The van der Waals surface area contributed by atoms with E-state index in [1.807, 2.05) is 59.3 Å². The Morgan fingerprint density at radius 2 is 1.67 bits per heavy atom. The molecule has 0 radical (unpaired) electrons. The lowest BCUT2D eigenvalue weighted by molar-refractivity contribution is -0.134. The summed E-state index contributed by atoms with van der Waals surface area (Å²) in [5, 5.41) is 14.9. The molecule has 0 saturated heterocycles. The van der Waals surface area contributed by atoms with E-state index >= 15 is 0 Å². The molecular weight excluding hydrogens is 771 g/mol. The fourth-order valence-corrected chi connectivity index (χ4v) is 6.51. The number of ether oxygens (including phenoxy) is 3. The van der Waals surface area contributed by atoms with Crippen LogP contribution < -0.4 is 45.0 Å². The van der Waals surface area contributed by atoms with Gasteiger partial charge in [0.2, 0.25) is 24.5 Å². The van der Waals surface area contributed by atoms with Gasteiger partial charge in [-0.25, -0.2) is 20.5 Å². The number of nitrogens with zero attached hydrogens (tertiary/aromatic N) is 2. The number of rotatable bonds is 17. The van der Waals surface area contributed by atoms with Crippen LogP contribution in [0.25, 0.3) is 22.4 Å². The summed E-state index contributed by atoms with van der Waals surface area (Å²) in [4.78, 5) is 48.5. The molecule has 3 amide bonds. The SMILES string of the molecule is CC(C)(NC(=O)CCCOc1cc(-c2ccc3c(c2)OCO3)cc(-c2ccccc2)n1)C(=O)N[C@@H](Cc1ccc(O)cc1)C(=O)NS(=O)(=O)Oc1ccc(NN)nc1. The molecule has 3 heterocycles. The Bertz CT molecular complexity index is 2360. The molecule has 0 unspecified atom stereocenters. The van der Waals surface area contributed by atoms with E-state index in [-0.39, 0.29) is 50.0 Å². The van der Waals surface area contributed by atoms with Gasteiger partial charge < -0.3 is 39.6 Å². The predicted octanol–water partition coefficient (Wildman–Crippen LogP) is 3.75. The average molecular weight is 812 g/mol. The molecule has 0 aliphatic carbocycles. The zero-order chi connectivity index (χ0) is 41.3. The van der Waals surface area contributed by atoms with Crippen LogP contribution in [0.4, 0.5) is 5.82 Å². The number of phenolic OH excluding ortho intramolecular Hbond substituents is 1. The van der Waals surface area contributed by atoms with Gasteiger partial charge in [0.05, 0.1) is 18.5 Å². The number of hydrogen-bond donors (Lipinski definition) is 6. The summed E-state index contributed by atoms with van der Waals surface area (Å²) in [7, 11) is -4.73. The highest BCUT2D eigenvalue weighted by Crippen LogP contribution is 2.37. The number of amides is 3. The summed E-state index contributed by atoms with van der Waals surface area (Å²) in [5.41, 5.74) is 4.51. The third kappa shape index (κ3) is 10.9. The fraction of sp³-hybridized carbons (Fsp3) is 0.225. The molecule has 0 bridgehead atoms. The minimum Gasteiger partial charge on any atom is -0.508 e. The van der Waals surface area contributed by atoms with E-state index in [0.29, 0.717) is 28.6 Å². The Morgan fingerprint density at radius 3 is 2.40 bits per heavy atom. The lowest BCUT2D eigenvalue weighted by Crippen LogP contribution is -2.59. The number of carbonyl (C=O) groups is 3. The first-order chi connectivity index (χ1) is 27.8. The number of nitrogens with one attached hydrogen (secondary N) is 4. The van der Waals surface area contributed by atoms with Gasteiger partial charge in [-0.05, 0) is 79.4 Å². The number of aromatic nitrogens is 2. The van der Waals surface area contributed by atoms with Crippen LogP contribution in [0.5, 0.6) is 28.9 Å². The molecule has 58 heavy (non-hydrogen) atoms. The van der Waals surface area contributed by atoms with Crippen LogP contribution in [-0.2, 0) is 31.1 Å². The largest absolute Gasteiger partial charge is 0.508 e. The Kier molecular flexibility index (Phi) is 12.6. The minimum atomic E-state index is -4.73. The summed E-state index contributed by atoms with van der Waals surface area (Å²) in [6.45, 7) is 3.16. The molecule has 5 aromatic rings. The number of pyridine rings is 2. The maximum Gasteiger partial charge on any atom is 0.409 e. The molecule has 0 fully saturated rings. The lowest BCUT2D eigenvalue weighted by Gasteiger charge is -2.28. The molecule has 1 aliphatic heterocycles. The van der Waals surface area contributed by atoms with E-state index in [9.17, 15) is 27.9 Å². The van der Waals surface area contributed by atoms with Gasteiger partial charge in [-0.1, -0.05) is 48.5 Å². The molecule has 1 atom stereocenters. The molecule has 1 aliphatic rings. The number of anilines is 1. The number of nitrogen functional groups attached to an aromatic ring is 1. The van der Waals surface area contributed by atoms with Gasteiger partial charge in [0, 0.05) is 24.5 Å². The first-order valence-electron chi connectivity index (χ1n) is 18.0. The molecule has 18 heteroatoms. The Hall–Kier alpha value is -6.92. The molecule has 0 saturated carbocycles. The molecule has 17 nitrogen and oxygen atoms in total. The maximum absolute atomic E-state index is 13.6. The second-order valence-electron chi connectivity index (χ2n) is 13.6. The van der Waals surface area contributed by atoms with Crippen LogP contribution in [0.3, 0.4) is 0 Å². The third-order valence-electron chi connectivity index (χ3n) is 8.71. The summed E-state index contributed by atoms with van der Waals surface area (Å²) < 4.78 is 49.3. The molecular formula is C40H41N7O10S. The number of aromatic hydroxyl groups is 1. The zero-order valence-corrected chi connectivity index (χ0v) is 32.2. The summed E-state index contributed by atoms with van der Waals surface area (Å²) >= 11 is 0.